The maximum absolute atomic E-state index is 10.1. The quantitative estimate of drug-likeness (QED) is 0.618. The van der Waals surface area contributed by atoms with Crippen molar-refractivity contribution in [3.63, 3.8) is 0 Å². The average Bonchev–Trinajstić information content (AvgIpc) is 2.19. The maximum Gasteiger partial charge on any atom is 0.494 e. The van der Waals surface area contributed by atoms with Crippen LogP contribution < -0.4 is 5.46 Å². The summed E-state index contributed by atoms with van der Waals surface area (Å²) in [6.07, 6.45) is 1.61. The minimum absolute atomic E-state index is 0.502. The number of pyridine rings is 1. The zero-order valence-corrected chi connectivity index (χ0v) is 13.9. The van der Waals surface area contributed by atoms with Crippen molar-refractivity contribution < 1.29 is 14.8 Å². The highest BCUT2D eigenvalue weighted by atomic mass is 79.9. The van der Waals surface area contributed by atoms with Gasteiger partial charge < -0.3 is 14.8 Å². The summed E-state index contributed by atoms with van der Waals surface area (Å²) in [7, 11) is -1.18. The van der Waals surface area contributed by atoms with E-state index >= 15 is 0 Å². The molecule has 0 saturated carbocycles. The molecule has 4 nitrogen and oxygen atoms in total. The lowest BCUT2D eigenvalue weighted by atomic mass is 9.77. The SMILES string of the molecule is CC(C)(O)C(C)(C)OB(O)c1cc(Br)cnc1Br. The molecule has 0 spiro atoms. The van der Waals surface area contributed by atoms with Crippen LogP contribution in [0, 0.1) is 0 Å². The Morgan fingerprint density at radius 1 is 1.28 bits per heavy atom. The monoisotopic (exact) mass is 379 g/mol. The highest BCUT2D eigenvalue weighted by molar-refractivity contribution is 9.11. The lowest BCUT2D eigenvalue weighted by molar-refractivity contribution is -0.0982. The van der Waals surface area contributed by atoms with Crippen LogP contribution in [-0.4, -0.2) is 33.4 Å². The second-order valence-electron chi connectivity index (χ2n) is 5.07. The Morgan fingerprint density at radius 3 is 2.33 bits per heavy atom. The standard InChI is InChI=1S/C11H16BBr2NO3/c1-10(2,16)11(3,4)18-12(17)8-5-7(13)6-15-9(8)14/h5-6,16-17H,1-4H3. The molecule has 7 heteroatoms. The lowest BCUT2D eigenvalue weighted by Gasteiger charge is -2.38. The van der Waals surface area contributed by atoms with Gasteiger partial charge in [-0.15, -0.1) is 0 Å². The topological polar surface area (TPSA) is 62.6 Å². The van der Waals surface area contributed by atoms with Crippen LogP contribution in [0.15, 0.2) is 21.3 Å². The lowest BCUT2D eigenvalue weighted by Crippen LogP contribution is -2.53. The van der Waals surface area contributed by atoms with E-state index in [1.165, 1.54) is 0 Å². The molecule has 1 aromatic rings. The second-order valence-corrected chi connectivity index (χ2v) is 6.74. The molecule has 18 heavy (non-hydrogen) atoms. The van der Waals surface area contributed by atoms with Crippen LogP contribution in [0.25, 0.3) is 0 Å². The number of hydrogen-bond acceptors (Lipinski definition) is 4. The molecule has 1 aromatic heterocycles. The molecule has 2 N–H and O–H groups in total. The predicted octanol–water partition coefficient (Wildman–Crippen LogP) is 1.86. The third kappa shape index (κ3) is 3.77. The first-order valence-corrected chi connectivity index (χ1v) is 7.02. The summed E-state index contributed by atoms with van der Waals surface area (Å²) in [5.74, 6) is 0. The van der Waals surface area contributed by atoms with Crippen LogP contribution in [0.4, 0.5) is 0 Å². The van der Waals surface area contributed by atoms with Gasteiger partial charge in [0.2, 0.25) is 0 Å². The molecule has 0 aromatic carbocycles. The molecular formula is C11H16BBr2NO3. The molecule has 0 fully saturated rings. The van der Waals surface area contributed by atoms with Gasteiger partial charge in [-0.05, 0) is 65.6 Å². The van der Waals surface area contributed by atoms with E-state index in [0.717, 1.165) is 4.47 Å². The summed E-state index contributed by atoms with van der Waals surface area (Å²) in [6.45, 7) is 6.70. The Morgan fingerprint density at radius 2 is 1.83 bits per heavy atom. The van der Waals surface area contributed by atoms with Crippen molar-refractivity contribution in [3.05, 3.63) is 21.3 Å². The highest BCUT2D eigenvalue weighted by Crippen LogP contribution is 2.25. The van der Waals surface area contributed by atoms with Crippen LogP contribution in [0.5, 0.6) is 0 Å². The minimum atomic E-state index is -1.18. The number of halogens is 2. The third-order valence-electron chi connectivity index (χ3n) is 2.98. The summed E-state index contributed by atoms with van der Waals surface area (Å²) < 4.78 is 6.78. The molecule has 0 unspecified atom stereocenters. The van der Waals surface area contributed by atoms with E-state index in [2.05, 4.69) is 36.8 Å². The minimum Gasteiger partial charge on any atom is -0.423 e. The van der Waals surface area contributed by atoms with Gasteiger partial charge in [-0.2, -0.15) is 0 Å². The molecule has 1 rings (SSSR count). The molecule has 0 aliphatic rings. The van der Waals surface area contributed by atoms with Gasteiger partial charge in [-0.25, -0.2) is 4.98 Å². The van der Waals surface area contributed by atoms with Gasteiger partial charge in [0.25, 0.3) is 0 Å². The molecule has 0 radical (unpaired) electrons. The molecular weight excluding hydrogens is 365 g/mol. The van der Waals surface area contributed by atoms with E-state index in [4.69, 9.17) is 4.65 Å². The van der Waals surface area contributed by atoms with Gasteiger partial charge in [0.05, 0.1) is 11.2 Å². The molecule has 0 saturated heterocycles. The molecule has 0 bridgehead atoms. The van der Waals surface area contributed by atoms with Crippen LogP contribution >= 0.6 is 31.9 Å². The summed E-state index contributed by atoms with van der Waals surface area (Å²) >= 11 is 6.54. The van der Waals surface area contributed by atoms with Crippen molar-refractivity contribution in [2.24, 2.45) is 0 Å². The second kappa shape index (κ2) is 5.59. The van der Waals surface area contributed by atoms with Gasteiger partial charge in [0, 0.05) is 16.1 Å². The van der Waals surface area contributed by atoms with Crippen molar-refractivity contribution in [3.8, 4) is 0 Å². The first kappa shape index (κ1) is 16.1. The normalized spacial score (nSPS) is 12.7. The Hall–Kier alpha value is 0.0549. The summed E-state index contributed by atoms with van der Waals surface area (Å²) in [6, 6.07) is 1.71. The first-order chi connectivity index (χ1) is 8.04. The Balaban J connectivity index is 2.95. The Labute approximate surface area is 124 Å². The van der Waals surface area contributed by atoms with Gasteiger partial charge in [-0.1, -0.05) is 0 Å². The van der Waals surface area contributed by atoms with Crippen LogP contribution in [0.3, 0.4) is 0 Å². The zero-order valence-electron chi connectivity index (χ0n) is 10.7. The number of nitrogens with zero attached hydrogens (tertiary/aromatic N) is 1. The van der Waals surface area contributed by atoms with Crippen molar-refractivity contribution in [1.82, 2.24) is 4.98 Å². The third-order valence-corrected chi connectivity index (χ3v) is 4.07. The predicted molar refractivity (Wildman–Crippen MR) is 78.7 cm³/mol. The van der Waals surface area contributed by atoms with E-state index in [1.54, 1.807) is 40.0 Å². The number of aliphatic hydroxyl groups is 1. The summed E-state index contributed by atoms with van der Waals surface area (Å²) in [4.78, 5) is 4.06. The molecule has 100 valence electrons. The molecule has 0 aliphatic heterocycles. The number of hydrogen-bond donors (Lipinski definition) is 2. The molecule has 0 aliphatic carbocycles. The van der Waals surface area contributed by atoms with Gasteiger partial charge in [0.15, 0.2) is 0 Å². The Kier molecular flexibility index (Phi) is 5.00. The maximum atomic E-state index is 10.1. The van der Waals surface area contributed by atoms with Crippen molar-refractivity contribution >= 4 is 44.4 Å². The highest BCUT2D eigenvalue weighted by Gasteiger charge is 2.40. The summed E-state index contributed by atoms with van der Waals surface area (Å²) in [5, 5.41) is 20.1. The van der Waals surface area contributed by atoms with Gasteiger partial charge in [-0.3, -0.25) is 0 Å². The van der Waals surface area contributed by atoms with Gasteiger partial charge in [0.1, 0.15) is 4.60 Å². The fourth-order valence-electron chi connectivity index (χ4n) is 1.10. The summed E-state index contributed by atoms with van der Waals surface area (Å²) in [5.41, 5.74) is -1.49. The van der Waals surface area contributed by atoms with E-state index in [1.807, 2.05) is 0 Å². The smallest absolute Gasteiger partial charge is 0.423 e. The largest absolute Gasteiger partial charge is 0.494 e. The first-order valence-electron chi connectivity index (χ1n) is 5.44. The van der Waals surface area contributed by atoms with Crippen LogP contribution in [0.1, 0.15) is 27.7 Å². The van der Waals surface area contributed by atoms with E-state index in [-0.39, 0.29) is 0 Å². The molecule has 0 amide bonds. The Bertz CT molecular complexity index is 435. The number of aromatic nitrogens is 1. The van der Waals surface area contributed by atoms with Crippen LogP contribution in [-0.2, 0) is 4.65 Å². The number of rotatable bonds is 4. The van der Waals surface area contributed by atoms with Crippen molar-refractivity contribution in [2.45, 2.75) is 38.9 Å². The van der Waals surface area contributed by atoms with Crippen LogP contribution in [0.2, 0.25) is 0 Å². The van der Waals surface area contributed by atoms with E-state index in [0.29, 0.717) is 10.1 Å². The fourth-order valence-corrected chi connectivity index (χ4v) is 1.86. The van der Waals surface area contributed by atoms with Gasteiger partial charge >= 0.3 is 7.12 Å². The van der Waals surface area contributed by atoms with Crippen molar-refractivity contribution in [1.29, 1.82) is 0 Å². The van der Waals surface area contributed by atoms with E-state index in [9.17, 15) is 10.1 Å². The fraction of sp³-hybridized carbons (Fsp3) is 0.545. The average molecular weight is 381 g/mol. The zero-order chi connectivity index (χ0) is 14.1. The van der Waals surface area contributed by atoms with Crippen molar-refractivity contribution in [2.75, 3.05) is 0 Å². The molecule has 0 atom stereocenters. The van der Waals surface area contributed by atoms with E-state index < -0.39 is 18.3 Å². The molecule has 1 heterocycles.